The second-order valence-corrected chi connectivity index (χ2v) is 7.96. The van der Waals surface area contributed by atoms with Crippen molar-refractivity contribution in [1.82, 2.24) is 4.72 Å². The van der Waals surface area contributed by atoms with Crippen LogP contribution in [0.5, 0.6) is 0 Å². The van der Waals surface area contributed by atoms with Crippen molar-refractivity contribution in [1.29, 1.82) is 0 Å². The summed E-state index contributed by atoms with van der Waals surface area (Å²) in [6, 6.07) is 7.01. The second-order valence-electron chi connectivity index (χ2n) is 6.19. The minimum absolute atomic E-state index is 0.00799. The van der Waals surface area contributed by atoms with E-state index in [2.05, 4.69) is 14.8 Å². The molecular formula is C19H22N2O8S. The molecule has 0 fully saturated rings. The molecule has 0 spiro atoms. The Labute approximate surface area is 173 Å². The molecule has 0 atom stereocenters. The number of hydrogen-bond donors (Lipinski definition) is 2. The second kappa shape index (κ2) is 10.0. The van der Waals surface area contributed by atoms with Gasteiger partial charge in [-0.15, -0.1) is 0 Å². The molecule has 162 valence electrons. The van der Waals surface area contributed by atoms with Crippen LogP contribution in [0.25, 0.3) is 0 Å². The van der Waals surface area contributed by atoms with Crippen LogP contribution in [0.1, 0.15) is 35.2 Å². The first-order valence-corrected chi connectivity index (χ1v) is 10.3. The number of carbonyl (C=O) groups excluding carboxylic acids is 3. The van der Waals surface area contributed by atoms with Gasteiger partial charge in [-0.25, -0.2) is 17.9 Å². The van der Waals surface area contributed by atoms with E-state index in [0.29, 0.717) is 11.4 Å². The van der Waals surface area contributed by atoms with Gasteiger partial charge in [0, 0.05) is 19.2 Å². The summed E-state index contributed by atoms with van der Waals surface area (Å²) in [5.74, 6) is -0.875. The zero-order valence-corrected chi connectivity index (χ0v) is 17.5. The molecule has 30 heavy (non-hydrogen) atoms. The maximum Gasteiger partial charge on any atom is 0.341 e. The van der Waals surface area contributed by atoms with E-state index in [9.17, 15) is 22.8 Å². The number of amides is 1. The van der Waals surface area contributed by atoms with E-state index < -0.39 is 22.0 Å². The van der Waals surface area contributed by atoms with E-state index in [0.717, 1.165) is 0 Å². The van der Waals surface area contributed by atoms with Crippen LogP contribution in [0.4, 0.5) is 5.69 Å². The van der Waals surface area contributed by atoms with E-state index in [1.807, 2.05) is 0 Å². The lowest BCUT2D eigenvalue weighted by Crippen LogP contribution is -2.26. The molecule has 0 radical (unpaired) electrons. The number of hydrogen-bond acceptors (Lipinski definition) is 8. The van der Waals surface area contributed by atoms with Gasteiger partial charge in [0.15, 0.2) is 0 Å². The lowest BCUT2D eigenvalue weighted by molar-refractivity contribution is -0.145. The van der Waals surface area contributed by atoms with E-state index >= 15 is 0 Å². The Kier molecular flexibility index (Phi) is 7.72. The average molecular weight is 438 g/mol. The Morgan fingerprint density at radius 2 is 1.80 bits per heavy atom. The summed E-state index contributed by atoms with van der Waals surface area (Å²) in [7, 11) is -2.58. The minimum Gasteiger partial charge on any atom is -0.465 e. The summed E-state index contributed by atoms with van der Waals surface area (Å²) in [6.45, 7) is 2.55. The van der Waals surface area contributed by atoms with Crippen LogP contribution in [0.2, 0.25) is 0 Å². The van der Waals surface area contributed by atoms with E-state index in [1.54, 1.807) is 6.92 Å². The maximum absolute atomic E-state index is 12.2. The number of rotatable bonds is 9. The van der Waals surface area contributed by atoms with Crippen LogP contribution in [0, 0.1) is 6.92 Å². The first-order valence-electron chi connectivity index (χ1n) is 8.83. The molecule has 0 unspecified atom stereocenters. The lowest BCUT2D eigenvalue weighted by Gasteiger charge is -2.08. The molecule has 0 aliphatic rings. The van der Waals surface area contributed by atoms with Gasteiger partial charge in [0.2, 0.25) is 15.9 Å². The highest BCUT2D eigenvalue weighted by atomic mass is 32.2. The van der Waals surface area contributed by atoms with Crippen LogP contribution in [-0.4, -0.2) is 39.9 Å². The quantitative estimate of drug-likeness (QED) is 0.564. The third-order valence-corrected chi connectivity index (χ3v) is 5.33. The van der Waals surface area contributed by atoms with Gasteiger partial charge >= 0.3 is 11.9 Å². The molecule has 2 aromatic rings. The molecular weight excluding hydrogens is 416 g/mol. The number of carbonyl (C=O) groups is 3. The fourth-order valence-corrected chi connectivity index (χ4v) is 3.47. The van der Waals surface area contributed by atoms with Crippen LogP contribution in [-0.2, 0) is 35.7 Å². The van der Waals surface area contributed by atoms with Crippen molar-refractivity contribution >= 4 is 33.6 Å². The molecule has 11 heteroatoms. The number of sulfonamides is 1. The van der Waals surface area contributed by atoms with Crippen molar-refractivity contribution in [2.45, 2.75) is 31.8 Å². The van der Waals surface area contributed by atoms with Crippen LogP contribution < -0.4 is 10.0 Å². The maximum atomic E-state index is 12.2. The van der Waals surface area contributed by atoms with Crippen molar-refractivity contribution in [2.24, 2.45) is 0 Å². The fourth-order valence-electron chi connectivity index (χ4n) is 2.44. The molecule has 1 heterocycles. The number of nitrogens with one attached hydrogen (secondary N) is 2. The predicted molar refractivity (Wildman–Crippen MR) is 105 cm³/mol. The van der Waals surface area contributed by atoms with E-state index in [-0.39, 0.29) is 41.7 Å². The van der Waals surface area contributed by atoms with E-state index in [1.165, 1.54) is 44.4 Å². The van der Waals surface area contributed by atoms with Crippen molar-refractivity contribution < 1.29 is 36.7 Å². The molecule has 0 bridgehead atoms. The molecule has 1 aromatic carbocycles. The summed E-state index contributed by atoms with van der Waals surface area (Å²) in [4.78, 5) is 34.4. The zero-order valence-electron chi connectivity index (χ0n) is 16.7. The lowest BCUT2D eigenvalue weighted by atomic mass is 10.2. The van der Waals surface area contributed by atoms with Gasteiger partial charge in [0.05, 0.1) is 18.4 Å². The summed E-state index contributed by atoms with van der Waals surface area (Å²) in [5, 5.41) is 2.53. The number of aryl methyl sites for hydroxylation is 1. The third-order valence-electron chi connectivity index (χ3n) is 3.86. The Bertz CT molecular complexity index is 1030. The Morgan fingerprint density at radius 1 is 1.13 bits per heavy atom. The van der Waals surface area contributed by atoms with Crippen molar-refractivity contribution in [3.8, 4) is 0 Å². The Morgan fingerprint density at radius 3 is 2.40 bits per heavy atom. The molecule has 2 N–H and O–H groups in total. The van der Waals surface area contributed by atoms with Crippen molar-refractivity contribution in [3.63, 3.8) is 0 Å². The van der Waals surface area contributed by atoms with Crippen LogP contribution in [0.3, 0.4) is 0 Å². The van der Waals surface area contributed by atoms with Crippen LogP contribution >= 0.6 is 0 Å². The average Bonchev–Trinajstić information content (AvgIpc) is 3.06. The molecule has 1 amide bonds. The molecule has 0 aliphatic carbocycles. The number of anilines is 1. The van der Waals surface area contributed by atoms with Crippen molar-refractivity contribution in [2.75, 3.05) is 19.0 Å². The van der Waals surface area contributed by atoms with Gasteiger partial charge in [-0.3, -0.25) is 9.59 Å². The van der Waals surface area contributed by atoms with Gasteiger partial charge in [0.1, 0.15) is 23.7 Å². The molecule has 0 saturated carbocycles. The highest BCUT2D eigenvalue weighted by Gasteiger charge is 2.17. The standard InChI is InChI=1S/C19H22N2O8S/c1-12-17(19(24)27-3)10-15(29-12)11-28-18(23)8-9-20-30(25,26)16-6-4-14(5-7-16)21-13(2)22/h4-7,10,20H,8-9,11H2,1-3H3,(H,21,22). The number of esters is 2. The summed E-state index contributed by atoms with van der Waals surface area (Å²) in [5.41, 5.74) is 0.703. The zero-order chi connectivity index (χ0) is 22.3. The van der Waals surface area contributed by atoms with Gasteiger partial charge < -0.3 is 19.2 Å². The highest BCUT2D eigenvalue weighted by molar-refractivity contribution is 7.89. The molecule has 2 rings (SSSR count). The molecule has 0 aliphatic heterocycles. The first-order chi connectivity index (χ1) is 14.1. The summed E-state index contributed by atoms with van der Waals surface area (Å²) >= 11 is 0. The monoisotopic (exact) mass is 438 g/mol. The van der Waals surface area contributed by atoms with E-state index in [4.69, 9.17) is 9.15 Å². The molecule has 10 nitrogen and oxygen atoms in total. The smallest absolute Gasteiger partial charge is 0.341 e. The minimum atomic E-state index is -3.82. The molecule has 1 aromatic heterocycles. The largest absolute Gasteiger partial charge is 0.465 e. The fraction of sp³-hybridized carbons (Fsp3) is 0.316. The SMILES string of the molecule is COC(=O)c1cc(COC(=O)CCNS(=O)(=O)c2ccc(NC(C)=O)cc2)oc1C. The first kappa shape index (κ1) is 23.1. The number of benzene rings is 1. The Balaban J connectivity index is 1.82. The number of furan rings is 1. The molecule has 0 saturated heterocycles. The normalized spacial score (nSPS) is 11.0. The van der Waals surface area contributed by atoms with Crippen molar-refractivity contribution in [3.05, 3.63) is 47.4 Å². The summed E-state index contributed by atoms with van der Waals surface area (Å²) < 4.78 is 41.8. The Hall–Kier alpha value is -3.18. The number of methoxy groups -OCH3 is 1. The number of ether oxygens (including phenoxy) is 2. The topological polar surface area (TPSA) is 141 Å². The van der Waals surface area contributed by atoms with Gasteiger partial charge in [-0.1, -0.05) is 0 Å². The van der Waals surface area contributed by atoms with Gasteiger partial charge in [0.25, 0.3) is 0 Å². The predicted octanol–water partition coefficient (Wildman–Crippen LogP) is 1.74. The van der Waals surface area contributed by atoms with Gasteiger partial charge in [-0.2, -0.15) is 0 Å². The summed E-state index contributed by atoms with van der Waals surface area (Å²) in [6.07, 6.45) is -0.202. The highest BCUT2D eigenvalue weighted by Crippen LogP contribution is 2.17. The third kappa shape index (κ3) is 6.42. The van der Waals surface area contributed by atoms with Gasteiger partial charge in [-0.05, 0) is 37.3 Å². The van der Waals surface area contributed by atoms with Crippen LogP contribution in [0.15, 0.2) is 39.6 Å².